The SMILES string of the molecule is O=C(NCC(O)c1ccc(F)c(F)c1)c1c[nH]c(=S)n1-c1ccccc1. The third-order valence-corrected chi connectivity index (χ3v) is 4.11. The lowest BCUT2D eigenvalue weighted by atomic mass is 10.1. The van der Waals surface area contributed by atoms with Gasteiger partial charge in [0, 0.05) is 18.4 Å². The van der Waals surface area contributed by atoms with Crippen molar-refractivity contribution in [3.8, 4) is 5.69 Å². The van der Waals surface area contributed by atoms with Crippen molar-refractivity contribution >= 4 is 18.1 Å². The molecule has 1 aromatic heterocycles. The topological polar surface area (TPSA) is 70.1 Å². The first-order valence-electron chi connectivity index (χ1n) is 7.74. The molecule has 3 N–H and O–H groups in total. The molecule has 1 atom stereocenters. The molecule has 0 fully saturated rings. The van der Waals surface area contributed by atoms with E-state index in [2.05, 4.69) is 10.3 Å². The summed E-state index contributed by atoms with van der Waals surface area (Å²) >= 11 is 5.21. The predicted octanol–water partition coefficient (Wildman–Crippen LogP) is 3.28. The quantitative estimate of drug-likeness (QED) is 0.600. The molecule has 0 bridgehead atoms. The fourth-order valence-electron chi connectivity index (χ4n) is 2.49. The summed E-state index contributed by atoms with van der Waals surface area (Å²) in [5.41, 5.74) is 1.14. The molecular formula is C18H15F2N3O2S. The Kier molecular flexibility index (Phi) is 5.24. The summed E-state index contributed by atoms with van der Waals surface area (Å²) in [6, 6.07) is 12.2. The van der Waals surface area contributed by atoms with Crippen molar-refractivity contribution in [2.45, 2.75) is 6.10 Å². The molecule has 5 nitrogen and oxygen atoms in total. The second-order valence-electron chi connectivity index (χ2n) is 5.55. The lowest BCUT2D eigenvalue weighted by molar-refractivity contribution is 0.0909. The average molecular weight is 375 g/mol. The number of hydrogen-bond donors (Lipinski definition) is 3. The number of benzene rings is 2. The van der Waals surface area contributed by atoms with E-state index < -0.39 is 23.6 Å². The lowest BCUT2D eigenvalue weighted by Gasteiger charge is -2.13. The highest BCUT2D eigenvalue weighted by molar-refractivity contribution is 7.71. The molecule has 0 aliphatic heterocycles. The van der Waals surface area contributed by atoms with E-state index in [0.717, 1.165) is 12.1 Å². The van der Waals surface area contributed by atoms with Gasteiger partial charge in [0.15, 0.2) is 16.4 Å². The van der Waals surface area contributed by atoms with Crippen LogP contribution in [0.3, 0.4) is 0 Å². The number of halogens is 2. The van der Waals surface area contributed by atoms with Crippen LogP contribution < -0.4 is 5.32 Å². The average Bonchev–Trinajstić information content (AvgIpc) is 3.04. The van der Waals surface area contributed by atoms with E-state index in [1.165, 1.54) is 12.3 Å². The minimum Gasteiger partial charge on any atom is -0.387 e. The Labute approximate surface area is 152 Å². The standard InChI is InChI=1S/C18H15F2N3O2S/c19-13-7-6-11(8-14(13)20)16(24)10-21-17(25)15-9-22-18(26)23(15)12-4-2-1-3-5-12/h1-9,16,24H,10H2,(H,21,25)(H,22,26). The van der Waals surface area contributed by atoms with E-state index in [1.807, 2.05) is 18.2 Å². The van der Waals surface area contributed by atoms with Crippen LogP contribution in [0.5, 0.6) is 0 Å². The van der Waals surface area contributed by atoms with Crippen molar-refractivity contribution in [3.05, 3.63) is 82.4 Å². The number of rotatable bonds is 5. The minimum atomic E-state index is -1.18. The van der Waals surface area contributed by atoms with Crippen LogP contribution in [0.4, 0.5) is 8.78 Å². The number of hydrogen-bond acceptors (Lipinski definition) is 3. The van der Waals surface area contributed by atoms with E-state index in [9.17, 15) is 18.7 Å². The zero-order valence-corrected chi connectivity index (χ0v) is 14.3. The van der Waals surface area contributed by atoms with Crippen molar-refractivity contribution < 1.29 is 18.7 Å². The Balaban J connectivity index is 1.75. The highest BCUT2D eigenvalue weighted by Crippen LogP contribution is 2.16. The van der Waals surface area contributed by atoms with Crippen LogP contribution in [-0.4, -0.2) is 27.1 Å². The van der Waals surface area contributed by atoms with Gasteiger partial charge in [-0.15, -0.1) is 0 Å². The second kappa shape index (κ2) is 7.59. The van der Waals surface area contributed by atoms with Crippen molar-refractivity contribution in [1.82, 2.24) is 14.9 Å². The first-order valence-corrected chi connectivity index (χ1v) is 8.15. The van der Waals surface area contributed by atoms with Crippen LogP contribution in [0.2, 0.25) is 0 Å². The number of carbonyl (C=O) groups is 1. The Morgan fingerprint density at radius 3 is 2.62 bits per heavy atom. The van der Waals surface area contributed by atoms with E-state index >= 15 is 0 Å². The van der Waals surface area contributed by atoms with Crippen LogP contribution in [0.15, 0.2) is 54.7 Å². The van der Waals surface area contributed by atoms with Gasteiger partial charge in [0.1, 0.15) is 5.69 Å². The van der Waals surface area contributed by atoms with Gasteiger partial charge in [-0.05, 0) is 42.0 Å². The number of aliphatic hydroxyl groups is 1. The molecule has 1 amide bonds. The molecule has 0 aliphatic carbocycles. The highest BCUT2D eigenvalue weighted by Gasteiger charge is 2.17. The van der Waals surface area contributed by atoms with Gasteiger partial charge < -0.3 is 15.4 Å². The molecule has 3 aromatic rings. The summed E-state index contributed by atoms with van der Waals surface area (Å²) in [6.45, 7) is -0.170. The molecule has 0 saturated carbocycles. The highest BCUT2D eigenvalue weighted by atomic mass is 32.1. The first kappa shape index (κ1) is 18.0. The summed E-state index contributed by atoms with van der Waals surface area (Å²) in [4.78, 5) is 15.3. The van der Waals surface area contributed by atoms with E-state index in [4.69, 9.17) is 12.2 Å². The molecule has 0 radical (unpaired) electrons. The zero-order chi connectivity index (χ0) is 18.7. The number of H-pyrrole nitrogens is 1. The van der Waals surface area contributed by atoms with Crippen LogP contribution >= 0.6 is 12.2 Å². The summed E-state index contributed by atoms with van der Waals surface area (Å²) in [5.74, 6) is -2.53. The summed E-state index contributed by atoms with van der Waals surface area (Å²) in [7, 11) is 0. The van der Waals surface area contributed by atoms with Crippen molar-refractivity contribution in [1.29, 1.82) is 0 Å². The van der Waals surface area contributed by atoms with Crippen molar-refractivity contribution in [3.63, 3.8) is 0 Å². The summed E-state index contributed by atoms with van der Waals surface area (Å²) < 4.78 is 28.1. The normalized spacial score (nSPS) is 12.0. The number of amides is 1. The molecule has 1 unspecified atom stereocenters. The predicted molar refractivity (Wildman–Crippen MR) is 94.6 cm³/mol. The largest absolute Gasteiger partial charge is 0.387 e. The summed E-state index contributed by atoms with van der Waals surface area (Å²) in [5, 5.41) is 12.6. The molecule has 3 rings (SSSR count). The number of carbonyl (C=O) groups excluding carboxylic acids is 1. The van der Waals surface area contributed by atoms with Crippen molar-refractivity contribution in [2.24, 2.45) is 0 Å². The minimum absolute atomic E-state index is 0.165. The van der Waals surface area contributed by atoms with Crippen LogP contribution in [-0.2, 0) is 0 Å². The maximum atomic E-state index is 13.3. The van der Waals surface area contributed by atoms with Gasteiger partial charge in [-0.1, -0.05) is 24.3 Å². The maximum absolute atomic E-state index is 13.3. The van der Waals surface area contributed by atoms with E-state index in [1.54, 1.807) is 16.7 Å². The van der Waals surface area contributed by atoms with E-state index in [0.29, 0.717) is 10.5 Å². The van der Waals surface area contributed by atoms with Gasteiger partial charge in [0.05, 0.1) is 6.10 Å². The van der Waals surface area contributed by atoms with Crippen LogP contribution in [0.1, 0.15) is 22.2 Å². The number of imidazole rings is 1. The van der Waals surface area contributed by atoms with E-state index in [-0.39, 0.29) is 17.8 Å². The molecule has 0 saturated heterocycles. The number of aromatic amines is 1. The summed E-state index contributed by atoms with van der Waals surface area (Å²) in [6.07, 6.45) is 0.287. The molecule has 1 heterocycles. The second-order valence-corrected chi connectivity index (χ2v) is 5.94. The monoisotopic (exact) mass is 375 g/mol. The van der Waals surface area contributed by atoms with Gasteiger partial charge in [-0.25, -0.2) is 8.78 Å². The Bertz CT molecular complexity index is 986. The zero-order valence-electron chi connectivity index (χ0n) is 13.4. The van der Waals surface area contributed by atoms with Crippen LogP contribution in [0, 0.1) is 16.4 Å². The smallest absolute Gasteiger partial charge is 0.269 e. The van der Waals surface area contributed by atoms with Gasteiger partial charge >= 0.3 is 0 Å². The number of nitrogens with zero attached hydrogens (tertiary/aromatic N) is 1. The number of aromatic nitrogens is 2. The first-order chi connectivity index (χ1) is 12.5. The Morgan fingerprint density at radius 2 is 1.92 bits per heavy atom. The number of aliphatic hydroxyl groups excluding tert-OH is 1. The van der Waals surface area contributed by atoms with Gasteiger partial charge in [-0.2, -0.15) is 0 Å². The van der Waals surface area contributed by atoms with Gasteiger partial charge in [0.2, 0.25) is 0 Å². The molecule has 8 heteroatoms. The lowest BCUT2D eigenvalue weighted by Crippen LogP contribution is -2.30. The fourth-order valence-corrected chi connectivity index (χ4v) is 2.75. The number of para-hydroxylation sites is 1. The fraction of sp³-hybridized carbons (Fsp3) is 0.111. The third kappa shape index (κ3) is 3.71. The maximum Gasteiger partial charge on any atom is 0.269 e. The van der Waals surface area contributed by atoms with Gasteiger partial charge in [0.25, 0.3) is 5.91 Å². The Morgan fingerprint density at radius 1 is 1.19 bits per heavy atom. The molecule has 26 heavy (non-hydrogen) atoms. The molecule has 0 aliphatic rings. The van der Waals surface area contributed by atoms with Crippen molar-refractivity contribution in [2.75, 3.05) is 6.54 Å². The molecule has 2 aromatic carbocycles. The molecule has 134 valence electrons. The van der Waals surface area contributed by atoms with Crippen LogP contribution in [0.25, 0.3) is 5.69 Å². The molecule has 0 spiro atoms. The molecular weight excluding hydrogens is 360 g/mol. The van der Waals surface area contributed by atoms with Gasteiger partial charge in [-0.3, -0.25) is 9.36 Å². The number of nitrogens with one attached hydrogen (secondary N) is 2. The third-order valence-electron chi connectivity index (χ3n) is 3.81. The Hall–Kier alpha value is -2.84.